The van der Waals surface area contributed by atoms with Crippen molar-refractivity contribution in [2.24, 2.45) is 0 Å². The van der Waals surface area contributed by atoms with E-state index in [1.807, 2.05) is 0 Å². The van der Waals surface area contributed by atoms with Crippen molar-refractivity contribution in [1.82, 2.24) is 4.57 Å². The normalized spacial score (nSPS) is 10.2. The van der Waals surface area contributed by atoms with Crippen molar-refractivity contribution in [3.05, 3.63) is 58.7 Å². The third-order valence-electron chi connectivity index (χ3n) is 1.98. The van der Waals surface area contributed by atoms with E-state index in [1.165, 1.54) is 12.1 Å². The van der Waals surface area contributed by atoms with Crippen LogP contribution in [-0.2, 0) is 0 Å². The van der Waals surface area contributed by atoms with E-state index >= 15 is 0 Å². The highest BCUT2D eigenvalue weighted by atomic mass is 19.1. The molecule has 5 heteroatoms. The lowest BCUT2D eigenvalue weighted by Gasteiger charge is -2.02. The first kappa shape index (κ1) is 9.39. The molecule has 0 unspecified atom stereocenters. The number of nitro groups is 1. The van der Waals surface area contributed by atoms with Gasteiger partial charge in [-0.05, 0) is 18.2 Å². The Morgan fingerprint density at radius 1 is 1.20 bits per heavy atom. The molecule has 0 bridgehead atoms. The summed E-state index contributed by atoms with van der Waals surface area (Å²) < 4.78 is 14.7. The molecule has 0 saturated heterocycles. The van der Waals surface area contributed by atoms with Crippen LogP contribution in [0.1, 0.15) is 0 Å². The second-order valence-corrected chi connectivity index (χ2v) is 3.02. The molecule has 0 aliphatic carbocycles. The van der Waals surface area contributed by atoms with Gasteiger partial charge in [-0.25, -0.2) is 4.39 Å². The summed E-state index contributed by atoms with van der Waals surface area (Å²) in [6.07, 6.45) is 3.39. The van der Waals surface area contributed by atoms with Crippen LogP contribution in [0.2, 0.25) is 0 Å². The van der Waals surface area contributed by atoms with Crippen LogP contribution < -0.4 is 0 Å². The van der Waals surface area contributed by atoms with Crippen molar-refractivity contribution in [1.29, 1.82) is 0 Å². The minimum atomic E-state index is -0.618. The number of rotatable bonds is 2. The summed E-state index contributed by atoms with van der Waals surface area (Å²) in [7, 11) is 0. The lowest BCUT2D eigenvalue weighted by molar-refractivity contribution is -0.385. The van der Waals surface area contributed by atoms with E-state index in [2.05, 4.69) is 0 Å². The third kappa shape index (κ3) is 1.85. The van der Waals surface area contributed by atoms with E-state index in [0.29, 0.717) is 5.69 Å². The molecule has 1 aromatic carbocycles. The standard InChI is InChI=1S/C10H7FN2O2/c11-8-5-9(12-3-1-2-4-12)7-10(6-8)13(14)15/h1-7H. The molecule has 15 heavy (non-hydrogen) atoms. The second kappa shape index (κ2) is 3.53. The van der Waals surface area contributed by atoms with Crippen LogP contribution in [0.4, 0.5) is 10.1 Å². The number of nitrogens with zero attached hydrogens (tertiary/aromatic N) is 2. The Balaban J connectivity index is 2.54. The zero-order chi connectivity index (χ0) is 10.8. The lowest BCUT2D eigenvalue weighted by atomic mass is 10.2. The summed E-state index contributed by atoms with van der Waals surface area (Å²) in [6.45, 7) is 0. The molecule has 2 aromatic rings. The Kier molecular flexibility index (Phi) is 2.21. The van der Waals surface area contributed by atoms with Crippen LogP contribution in [0, 0.1) is 15.9 Å². The van der Waals surface area contributed by atoms with Gasteiger partial charge in [0.25, 0.3) is 5.69 Å². The van der Waals surface area contributed by atoms with Gasteiger partial charge in [-0.3, -0.25) is 10.1 Å². The third-order valence-corrected chi connectivity index (χ3v) is 1.98. The predicted molar refractivity (Wildman–Crippen MR) is 52.4 cm³/mol. The predicted octanol–water partition coefficient (Wildman–Crippen LogP) is 2.52. The van der Waals surface area contributed by atoms with Crippen molar-refractivity contribution < 1.29 is 9.31 Å². The Morgan fingerprint density at radius 3 is 2.47 bits per heavy atom. The molecule has 0 fully saturated rings. The molecule has 0 aliphatic heterocycles. The van der Waals surface area contributed by atoms with E-state index in [4.69, 9.17) is 0 Å². The number of nitro benzene ring substituents is 1. The maximum Gasteiger partial charge on any atom is 0.274 e. The number of aromatic nitrogens is 1. The summed E-state index contributed by atoms with van der Waals surface area (Å²) in [5.41, 5.74) is 0.186. The Bertz CT molecular complexity index is 494. The molecule has 0 amide bonds. The molecule has 0 N–H and O–H groups in total. The van der Waals surface area contributed by atoms with Crippen molar-refractivity contribution in [2.45, 2.75) is 0 Å². The zero-order valence-electron chi connectivity index (χ0n) is 7.63. The molecule has 0 radical (unpaired) electrons. The summed E-state index contributed by atoms with van der Waals surface area (Å²) in [5, 5.41) is 10.5. The lowest BCUT2D eigenvalue weighted by Crippen LogP contribution is -1.95. The minimum Gasteiger partial charge on any atom is -0.324 e. The summed E-state index contributed by atoms with van der Waals surface area (Å²) in [4.78, 5) is 9.89. The Hall–Kier alpha value is -2.17. The Labute approximate surface area is 84.7 Å². The SMILES string of the molecule is O=[N+]([O-])c1cc(F)cc(-n2cccc2)c1. The van der Waals surface area contributed by atoms with Gasteiger partial charge in [0.2, 0.25) is 0 Å². The molecule has 0 saturated carbocycles. The van der Waals surface area contributed by atoms with E-state index in [-0.39, 0.29) is 5.69 Å². The average molecular weight is 206 g/mol. The second-order valence-electron chi connectivity index (χ2n) is 3.02. The van der Waals surface area contributed by atoms with Crippen LogP contribution in [0.3, 0.4) is 0 Å². The zero-order valence-corrected chi connectivity index (χ0v) is 7.63. The van der Waals surface area contributed by atoms with Gasteiger partial charge in [0.15, 0.2) is 0 Å². The summed E-state index contributed by atoms with van der Waals surface area (Å²) in [5.74, 6) is -0.618. The maximum absolute atomic E-state index is 13.1. The molecule has 4 nitrogen and oxygen atoms in total. The van der Waals surface area contributed by atoms with Crippen LogP contribution in [0.25, 0.3) is 5.69 Å². The highest BCUT2D eigenvalue weighted by Crippen LogP contribution is 2.19. The largest absolute Gasteiger partial charge is 0.324 e. The van der Waals surface area contributed by atoms with E-state index in [9.17, 15) is 14.5 Å². The highest BCUT2D eigenvalue weighted by molar-refractivity contribution is 5.44. The molecule has 0 aliphatic rings. The first-order chi connectivity index (χ1) is 7.16. The average Bonchev–Trinajstić information content (AvgIpc) is 2.69. The van der Waals surface area contributed by atoms with E-state index in [0.717, 1.165) is 6.07 Å². The molecular formula is C10H7FN2O2. The fourth-order valence-corrected chi connectivity index (χ4v) is 1.32. The first-order valence-corrected chi connectivity index (χ1v) is 4.25. The number of benzene rings is 1. The van der Waals surface area contributed by atoms with Crippen LogP contribution in [-0.4, -0.2) is 9.49 Å². The monoisotopic (exact) mass is 206 g/mol. The molecular weight excluding hydrogens is 199 g/mol. The number of hydrogen-bond donors (Lipinski definition) is 0. The molecule has 1 aromatic heterocycles. The van der Waals surface area contributed by atoms with Gasteiger partial charge in [-0.1, -0.05) is 0 Å². The molecule has 2 rings (SSSR count). The smallest absolute Gasteiger partial charge is 0.274 e. The van der Waals surface area contributed by atoms with Gasteiger partial charge in [0.1, 0.15) is 5.82 Å². The number of halogens is 1. The molecule has 0 atom stereocenters. The Morgan fingerprint density at radius 2 is 1.87 bits per heavy atom. The topological polar surface area (TPSA) is 48.1 Å². The first-order valence-electron chi connectivity index (χ1n) is 4.25. The van der Waals surface area contributed by atoms with Crippen molar-refractivity contribution in [3.8, 4) is 5.69 Å². The van der Waals surface area contributed by atoms with Crippen molar-refractivity contribution >= 4 is 5.69 Å². The fraction of sp³-hybridized carbons (Fsp3) is 0. The van der Waals surface area contributed by atoms with Crippen molar-refractivity contribution in [2.75, 3.05) is 0 Å². The van der Waals surface area contributed by atoms with Gasteiger partial charge in [-0.15, -0.1) is 0 Å². The van der Waals surface area contributed by atoms with E-state index < -0.39 is 10.7 Å². The van der Waals surface area contributed by atoms with Gasteiger partial charge in [0, 0.05) is 18.5 Å². The van der Waals surface area contributed by atoms with Crippen molar-refractivity contribution in [3.63, 3.8) is 0 Å². The molecule has 1 heterocycles. The molecule has 76 valence electrons. The van der Waals surface area contributed by atoms with E-state index in [1.54, 1.807) is 29.1 Å². The van der Waals surface area contributed by atoms with Crippen LogP contribution >= 0.6 is 0 Å². The number of non-ortho nitro benzene ring substituents is 1. The minimum absolute atomic E-state index is 0.251. The quantitative estimate of drug-likeness (QED) is 0.560. The highest BCUT2D eigenvalue weighted by Gasteiger charge is 2.10. The van der Waals surface area contributed by atoms with Gasteiger partial charge < -0.3 is 4.57 Å². The summed E-state index contributed by atoms with van der Waals surface area (Å²) in [6, 6.07) is 6.98. The maximum atomic E-state index is 13.1. The van der Waals surface area contributed by atoms with Crippen LogP contribution in [0.5, 0.6) is 0 Å². The fourth-order valence-electron chi connectivity index (χ4n) is 1.32. The number of hydrogen-bond acceptors (Lipinski definition) is 2. The van der Waals surface area contributed by atoms with Gasteiger partial charge in [0.05, 0.1) is 16.7 Å². The van der Waals surface area contributed by atoms with Crippen LogP contribution in [0.15, 0.2) is 42.7 Å². The summed E-state index contributed by atoms with van der Waals surface area (Å²) >= 11 is 0. The van der Waals surface area contributed by atoms with Gasteiger partial charge in [-0.2, -0.15) is 0 Å². The molecule has 0 spiro atoms. The van der Waals surface area contributed by atoms with Gasteiger partial charge >= 0.3 is 0 Å².